The molecule has 1 aromatic carbocycles. The van der Waals surface area contributed by atoms with Crippen molar-refractivity contribution < 1.29 is 19.4 Å². The van der Waals surface area contributed by atoms with Gasteiger partial charge in [-0.15, -0.1) is 0 Å². The number of carboxylic acids is 1. The summed E-state index contributed by atoms with van der Waals surface area (Å²) >= 11 is 8.04. The maximum absolute atomic E-state index is 12.3. The summed E-state index contributed by atoms with van der Waals surface area (Å²) in [7, 11) is 1.44. The van der Waals surface area contributed by atoms with Crippen molar-refractivity contribution in [1.82, 2.24) is 5.32 Å². The van der Waals surface area contributed by atoms with E-state index in [1.807, 2.05) is 29.5 Å². The summed E-state index contributed by atoms with van der Waals surface area (Å²) in [6.45, 7) is 3.65. The van der Waals surface area contributed by atoms with Crippen LogP contribution in [0.15, 0.2) is 12.1 Å². The quantitative estimate of drug-likeness (QED) is 0.687. The summed E-state index contributed by atoms with van der Waals surface area (Å²) in [6, 6.07) is 2.16. The highest BCUT2D eigenvalue weighted by molar-refractivity contribution is 14.1. The van der Waals surface area contributed by atoms with Crippen molar-refractivity contribution in [3.63, 3.8) is 0 Å². The van der Waals surface area contributed by atoms with E-state index < -0.39 is 17.9 Å². The molecule has 116 valence electrons. The van der Waals surface area contributed by atoms with Gasteiger partial charge in [0.25, 0.3) is 5.91 Å². The van der Waals surface area contributed by atoms with Crippen molar-refractivity contribution >= 4 is 46.1 Å². The Hall–Kier alpha value is -1.02. The molecule has 1 amide bonds. The molecule has 1 rings (SSSR count). The molecule has 0 heterocycles. The molecule has 5 nitrogen and oxygen atoms in total. The lowest BCUT2D eigenvalue weighted by atomic mass is 9.99. The number of ether oxygens (including phenoxy) is 1. The van der Waals surface area contributed by atoms with Gasteiger partial charge in [0.05, 0.1) is 17.7 Å². The summed E-state index contributed by atoms with van der Waals surface area (Å²) in [6.07, 6.45) is 0.641. The summed E-state index contributed by atoms with van der Waals surface area (Å²) in [5.41, 5.74) is 0.220. The van der Waals surface area contributed by atoms with Gasteiger partial charge >= 0.3 is 5.97 Å². The van der Waals surface area contributed by atoms with Gasteiger partial charge in [-0.2, -0.15) is 0 Å². The highest BCUT2D eigenvalue weighted by Gasteiger charge is 2.27. The summed E-state index contributed by atoms with van der Waals surface area (Å²) < 4.78 is 5.91. The van der Waals surface area contributed by atoms with E-state index in [0.29, 0.717) is 17.2 Å². The van der Waals surface area contributed by atoms with Crippen LogP contribution in [-0.2, 0) is 4.79 Å². The van der Waals surface area contributed by atoms with E-state index in [1.165, 1.54) is 13.2 Å². The van der Waals surface area contributed by atoms with Crippen LogP contribution in [0.25, 0.3) is 0 Å². The zero-order valence-corrected chi connectivity index (χ0v) is 14.9. The van der Waals surface area contributed by atoms with Crippen molar-refractivity contribution in [2.24, 2.45) is 5.92 Å². The minimum Gasteiger partial charge on any atom is -0.496 e. The van der Waals surface area contributed by atoms with E-state index in [-0.39, 0.29) is 11.5 Å². The third kappa shape index (κ3) is 4.47. The number of amides is 1. The molecule has 0 bridgehead atoms. The second kappa shape index (κ2) is 7.84. The highest BCUT2D eigenvalue weighted by atomic mass is 127. The van der Waals surface area contributed by atoms with Gasteiger partial charge in [-0.3, -0.25) is 4.79 Å². The molecule has 0 saturated carbocycles. The Morgan fingerprint density at radius 2 is 2.10 bits per heavy atom. The molecule has 7 heteroatoms. The van der Waals surface area contributed by atoms with Crippen molar-refractivity contribution in [3.05, 3.63) is 26.3 Å². The van der Waals surface area contributed by atoms with Gasteiger partial charge in [-0.25, -0.2) is 4.79 Å². The maximum atomic E-state index is 12.3. The predicted molar refractivity (Wildman–Crippen MR) is 89.1 cm³/mol. The molecule has 0 aliphatic carbocycles. The van der Waals surface area contributed by atoms with Crippen LogP contribution < -0.4 is 10.1 Å². The molecule has 0 aliphatic rings. The molecule has 0 fully saturated rings. The standard InChI is InChI=1S/C14H17ClINO4/c1-4-7(2)12(14(19)20)17-13(18)8-5-9(15)10(16)6-11(8)21-3/h5-7,12H,4H2,1-3H3,(H,17,18)(H,19,20)/t7-,12-/m0/s1. The SMILES string of the molecule is CC[C@H](C)[C@H](NC(=O)c1cc(Cl)c(I)cc1OC)C(=O)O. The van der Waals surface area contributed by atoms with Crippen LogP contribution in [0.2, 0.25) is 5.02 Å². The number of rotatable bonds is 6. The first-order valence-electron chi connectivity index (χ1n) is 6.38. The van der Waals surface area contributed by atoms with Gasteiger partial charge in [0.1, 0.15) is 11.8 Å². The second-order valence-electron chi connectivity index (χ2n) is 4.64. The van der Waals surface area contributed by atoms with Gasteiger partial charge in [-0.05, 0) is 40.6 Å². The molecule has 1 aromatic rings. The Labute approximate surface area is 142 Å². The van der Waals surface area contributed by atoms with Crippen molar-refractivity contribution in [2.45, 2.75) is 26.3 Å². The molecule has 0 radical (unpaired) electrons. The van der Waals surface area contributed by atoms with E-state index in [0.717, 1.165) is 3.57 Å². The van der Waals surface area contributed by atoms with Crippen molar-refractivity contribution in [1.29, 1.82) is 0 Å². The first kappa shape index (κ1) is 18.0. The minimum absolute atomic E-state index is 0.184. The molecular weight excluding hydrogens is 409 g/mol. The molecule has 0 aromatic heterocycles. The van der Waals surface area contributed by atoms with Gasteiger partial charge in [0.2, 0.25) is 0 Å². The van der Waals surface area contributed by atoms with Crippen molar-refractivity contribution in [3.8, 4) is 5.75 Å². The number of carbonyl (C=O) groups is 2. The average molecular weight is 426 g/mol. The van der Waals surface area contributed by atoms with Crippen molar-refractivity contribution in [2.75, 3.05) is 7.11 Å². The number of halogens is 2. The van der Waals surface area contributed by atoms with Crippen LogP contribution >= 0.6 is 34.2 Å². The van der Waals surface area contributed by atoms with E-state index in [2.05, 4.69) is 5.32 Å². The van der Waals surface area contributed by atoms with Gasteiger partial charge in [0.15, 0.2) is 0 Å². The lowest BCUT2D eigenvalue weighted by Gasteiger charge is -2.21. The van der Waals surface area contributed by atoms with Gasteiger partial charge < -0.3 is 15.2 Å². The predicted octanol–water partition coefficient (Wildman–Crippen LogP) is 3.18. The molecule has 21 heavy (non-hydrogen) atoms. The first-order chi connectivity index (χ1) is 9.81. The number of nitrogens with one attached hydrogen (secondary N) is 1. The average Bonchev–Trinajstić information content (AvgIpc) is 2.45. The first-order valence-corrected chi connectivity index (χ1v) is 7.84. The van der Waals surface area contributed by atoms with Crippen LogP contribution in [0.1, 0.15) is 30.6 Å². The molecule has 2 N–H and O–H groups in total. The van der Waals surface area contributed by atoms with Crippen LogP contribution in [0.5, 0.6) is 5.75 Å². The van der Waals surface area contributed by atoms with Crippen LogP contribution in [-0.4, -0.2) is 30.1 Å². The largest absolute Gasteiger partial charge is 0.496 e. The molecule has 2 atom stereocenters. The Kier molecular flexibility index (Phi) is 6.73. The Bertz CT molecular complexity index is 550. The van der Waals surface area contributed by atoms with Crippen LogP contribution in [0.3, 0.4) is 0 Å². The second-order valence-corrected chi connectivity index (χ2v) is 6.21. The third-order valence-electron chi connectivity index (χ3n) is 3.25. The molecule has 0 unspecified atom stereocenters. The third-order valence-corrected chi connectivity index (χ3v) is 4.78. The number of aliphatic carboxylic acids is 1. The summed E-state index contributed by atoms with van der Waals surface area (Å²) in [5.74, 6) is -1.41. The topological polar surface area (TPSA) is 75.6 Å². The lowest BCUT2D eigenvalue weighted by Crippen LogP contribution is -2.45. The number of carboxylic acid groups (broad SMARTS) is 1. The zero-order chi connectivity index (χ0) is 16.2. The smallest absolute Gasteiger partial charge is 0.326 e. The molecule has 0 spiro atoms. The van der Waals surface area contributed by atoms with Crippen LogP contribution in [0, 0.1) is 9.49 Å². The zero-order valence-electron chi connectivity index (χ0n) is 11.9. The monoisotopic (exact) mass is 425 g/mol. The van der Waals surface area contributed by atoms with E-state index in [4.69, 9.17) is 16.3 Å². The normalized spacial score (nSPS) is 13.4. The molecular formula is C14H17ClINO4. The number of hydrogen-bond acceptors (Lipinski definition) is 3. The van der Waals surface area contributed by atoms with Gasteiger partial charge in [0, 0.05) is 3.57 Å². The number of benzene rings is 1. The summed E-state index contributed by atoms with van der Waals surface area (Å²) in [5, 5.41) is 12.2. The van der Waals surface area contributed by atoms with E-state index >= 15 is 0 Å². The Morgan fingerprint density at radius 1 is 1.48 bits per heavy atom. The number of hydrogen-bond donors (Lipinski definition) is 2. The van der Waals surface area contributed by atoms with E-state index in [9.17, 15) is 14.7 Å². The fraction of sp³-hybridized carbons (Fsp3) is 0.429. The lowest BCUT2D eigenvalue weighted by molar-refractivity contribution is -0.140. The minimum atomic E-state index is -1.06. The van der Waals surface area contributed by atoms with Gasteiger partial charge in [-0.1, -0.05) is 31.9 Å². The fourth-order valence-electron chi connectivity index (χ4n) is 1.78. The highest BCUT2D eigenvalue weighted by Crippen LogP contribution is 2.28. The molecule has 0 saturated heterocycles. The number of methoxy groups -OCH3 is 1. The number of carbonyl (C=O) groups excluding carboxylic acids is 1. The van der Waals surface area contributed by atoms with Crippen LogP contribution in [0.4, 0.5) is 0 Å². The summed E-state index contributed by atoms with van der Waals surface area (Å²) in [4.78, 5) is 23.6. The van der Waals surface area contributed by atoms with E-state index in [1.54, 1.807) is 13.0 Å². The fourth-order valence-corrected chi connectivity index (χ4v) is 2.38. The maximum Gasteiger partial charge on any atom is 0.326 e. The molecule has 0 aliphatic heterocycles. The Morgan fingerprint density at radius 3 is 2.57 bits per heavy atom. The Balaban J connectivity index is 3.08.